The van der Waals surface area contributed by atoms with Gasteiger partial charge in [-0.25, -0.2) is 9.13 Å². The summed E-state index contributed by atoms with van der Waals surface area (Å²) in [5.41, 5.74) is 0. The van der Waals surface area contributed by atoms with Crippen LogP contribution in [-0.4, -0.2) is 95.9 Å². The van der Waals surface area contributed by atoms with Gasteiger partial charge in [-0.3, -0.25) is 32.5 Å². The molecule has 0 aliphatic rings. The number of carbonyl (C=O) groups is 3. The SMILES string of the molecule is CC/C=C\C/C=C\C/C=C\C/C=C\C/C=C\CCCCCCCCCCCCCCCC(=O)OCC(COP(=O)(O)OCC(O)COP(=O)(O)OCC(O)COC(=O)CCCCCCCCCCCCCCCCC/C=C\C/C=C\C/C=C\C/C=C\CCCCC)OC(=O)CCCCCCCCCCCCC/C=C\C/C=C\C/C=C\C/C=C\C/C=C\CC. The maximum atomic E-state index is 13.1. The third-order valence-corrected chi connectivity index (χ3v) is 22.8. The summed E-state index contributed by atoms with van der Waals surface area (Å²) >= 11 is 0. The summed E-state index contributed by atoms with van der Waals surface area (Å²) in [7, 11) is -9.82. The molecule has 0 rings (SSSR count). The summed E-state index contributed by atoms with van der Waals surface area (Å²) in [6.07, 6.45) is 125. The van der Waals surface area contributed by atoms with E-state index in [9.17, 15) is 43.5 Å². The van der Waals surface area contributed by atoms with Gasteiger partial charge in [0.2, 0.25) is 0 Å². The molecule has 18 heteroatoms. The Balaban J connectivity index is 4.63. The molecule has 0 aromatic carbocycles. The van der Waals surface area contributed by atoms with Crippen molar-refractivity contribution in [3.63, 3.8) is 0 Å². The molecule has 0 aromatic rings. The number of phosphoric acid groups is 2. The fourth-order valence-corrected chi connectivity index (χ4v) is 15.1. The Kier molecular flexibility index (Phi) is 92.0. The van der Waals surface area contributed by atoms with Crippen molar-refractivity contribution in [3.05, 3.63) is 170 Å². The Hall–Kier alpha value is -5.09. The molecule has 5 atom stereocenters. The Labute approximate surface area is 752 Å². The number of esters is 3. The van der Waals surface area contributed by atoms with E-state index >= 15 is 0 Å². The highest BCUT2D eigenvalue weighted by atomic mass is 31.2. The first-order chi connectivity index (χ1) is 60.2. The molecule has 0 aliphatic carbocycles. The maximum Gasteiger partial charge on any atom is 0.472 e. The molecule has 123 heavy (non-hydrogen) atoms. The van der Waals surface area contributed by atoms with Crippen molar-refractivity contribution in [1.29, 1.82) is 0 Å². The van der Waals surface area contributed by atoms with Crippen molar-refractivity contribution in [2.24, 2.45) is 0 Å². The lowest BCUT2D eigenvalue weighted by molar-refractivity contribution is -0.161. The summed E-state index contributed by atoms with van der Waals surface area (Å²) in [5, 5.41) is 20.8. The molecule has 0 amide bonds. The number of ether oxygens (including phenoxy) is 3. The normalized spacial score (nSPS) is 14.4. The van der Waals surface area contributed by atoms with E-state index in [0.29, 0.717) is 19.3 Å². The summed E-state index contributed by atoms with van der Waals surface area (Å²) < 4.78 is 61.7. The van der Waals surface area contributed by atoms with Gasteiger partial charge in [-0.2, -0.15) is 0 Å². The van der Waals surface area contributed by atoms with Gasteiger partial charge in [0.25, 0.3) is 0 Å². The lowest BCUT2D eigenvalue weighted by Gasteiger charge is -2.21. The Morgan fingerprint density at radius 2 is 0.431 bits per heavy atom. The van der Waals surface area contributed by atoms with E-state index in [-0.39, 0.29) is 19.3 Å². The number of carbonyl (C=O) groups excluding carboxylic acids is 3. The van der Waals surface area contributed by atoms with Gasteiger partial charge in [0.15, 0.2) is 6.10 Å². The average Bonchev–Trinajstić information content (AvgIpc) is 0.898. The molecule has 4 N–H and O–H groups in total. The predicted molar refractivity (Wildman–Crippen MR) is 519 cm³/mol. The van der Waals surface area contributed by atoms with Crippen LogP contribution in [0.5, 0.6) is 0 Å². The van der Waals surface area contributed by atoms with Gasteiger partial charge in [-0.05, 0) is 154 Å². The van der Waals surface area contributed by atoms with E-state index in [1.54, 1.807) is 0 Å². The minimum absolute atomic E-state index is 0.0966. The molecular weight excluding hydrogens is 1580 g/mol. The number of allylic oxidation sites excluding steroid dienone is 28. The number of aliphatic hydroxyl groups is 2. The first kappa shape index (κ1) is 118. The zero-order valence-electron chi connectivity index (χ0n) is 78.1. The maximum absolute atomic E-state index is 13.1. The van der Waals surface area contributed by atoms with Crippen LogP contribution in [0.25, 0.3) is 0 Å². The van der Waals surface area contributed by atoms with Gasteiger partial charge in [-0.15, -0.1) is 0 Å². The lowest BCUT2D eigenvalue weighted by Crippen LogP contribution is -2.30. The molecule has 5 unspecified atom stereocenters. The van der Waals surface area contributed by atoms with Crippen LogP contribution in [0.2, 0.25) is 0 Å². The van der Waals surface area contributed by atoms with Crippen LogP contribution in [0, 0.1) is 0 Å². The van der Waals surface area contributed by atoms with E-state index in [2.05, 4.69) is 191 Å². The Bertz CT molecular complexity index is 2920. The van der Waals surface area contributed by atoms with E-state index < -0.39 is 91.5 Å². The van der Waals surface area contributed by atoms with Crippen LogP contribution in [0.1, 0.15) is 419 Å². The molecule has 16 nitrogen and oxygen atoms in total. The highest BCUT2D eigenvalue weighted by Crippen LogP contribution is 2.45. The quantitative estimate of drug-likeness (QED) is 0.0146. The first-order valence-corrected chi connectivity index (χ1v) is 52.4. The van der Waals surface area contributed by atoms with E-state index in [1.807, 2.05) is 0 Å². The average molecular weight is 1760 g/mol. The number of unbranched alkanes of at least 4 members (excludes halogenated alkanes) is 42. The second-order valence-electron chi connectivity index (χ2n) is 32.8. The first-order valence-electron chi connectivity index (χ1n) is 49.4. The summed E-state index contributed by atoms with van der Waals surface area (Å²) in [4.78, 5) is 59.2. The van der Waals surface area contributed by atoms with E-state index in [1.165, 1.54) is 193 Å². The molecule has 0 heterocycles. The molecule has 706 valence electrons. The fourth-order valence-electron chi connectivity index (χ4n) is 13.5. The zero-order valence-corrected chi connectivity index (χ0v) is 79.9. The van der Waals surface area contributed by atoms with E-state index in [4.69, 9.17) is 32.3 Å². The lowest BCUT2D eigenvalue weighted by atomic mass is 10.0. The number of rotatable bonds is 93. The number of aliphatic hydroxyl groups excluding tert-OH is 2. The Morgan fingerprint density at radius 3 is 0.683 bits per heavy atom. The van der Waals surface area contributed by atoms with Gasteiger partial charge in [0, 0.05) is 19.3 Å². The van der Waals surface area contributed by atoms with Crippen molar-refractivity contribution in [1.82, 2.24) is 0 Å². The van der Waals surface area contributed by atoms with Crippen molar-refractivity contribution in [2.45, 2.75) is 437 Å². The van der Waals surface area contributed by atoms with Crippen LogP contribution < -0.4 is 0 Å². The molecule has 0 radical (unpaired) electrons. The molecular formula is C105H180O16P2. The van der Waals surface area contributed by atoms with Crippen LogP contribution in [0.3, 0.4) is 0 Å². The highest BCUT2D eigenvalue weighted by molar-refractivity contribution is 7.47. The summed E-state index contributed by atoms with van der Waals surface area (Å²) in [6.45, 7) is 2.49. The van der Waals surface area contributed by atoms with Crippen molar-refractivity contribution in [3.8, 4) is 0 Å². The topological polar surface area (TPSA) is 231 Å². The van der Waals surface area contributed by atoms with Crippen LogP contribution in [0.4, 0.5) is 0 Å². The zero-order chi connectivity index (χ0) is 89.3. The minimum atomic E-state index is -4.95. The highest BCUT2D eigenvalue weighted by Gasteiger charge is 2.30. The Morgan fingerprint density at radius 1 is 0.236 bits per heavy atom. The molecule has 0 spiro atoms. The van der Waals surface area contributed by atoms with Gasteiger partial charge in [0.1, 0.15) is 25.4 Å². The third-order valence-electron chi connectivity index (χ3n) is 20.9. The predicted octanol–water partition coefficient (Wildman–Crippen LogP) is 31.0. The second kappa shape index (κ2) is 96.0. The van der Waals surface area contributed by atoms with Gasteiger partial charge >= 0.3 is 33.6 Å². The van der Waals surface area contributed by atoms with Crippen molar-refractivity contribution >= 4 is 33.6 Å². The number of hydrogen-bond acceptors (Lipinski definition) is 14. The second-order valence-corrected chi connectivity index (χ2v) is 35.7. The number of phosphoric ester groups is 2. The van der Waals surface area contributed by atoms with Crippen molar-refractivity contribution < 1.29 is 75.8 Å². The molecule has 0 aliphatic heterocycles. The fraction of sp³-hybridized carbons (Fsp3) is 0.705. The number of hydrogen-bond donors (Lipinski definition) is 4. The molecule has 0 saturated carbocycles. The molecule has 0 fully saturated rings. The minimum Gasteiger partial charge on any atom is -0.463 e. The third kappa shape index (κ3) is 97.4. The largest absolute Gasteiger partial charge is 0.472 e. The molecule has 0 aromatic heterocycles. The van der Waals surface area contributed by atoms with E-state index in [0.717, 1.165) is 167 Å². The summed E-state index contributed by atoms with van der Waals surface area (Å²) in [6, 6.07) is 0. The smallest absolute Gasteiger partial charge is 0.463 e. The van der Waals surface area contributed by atoms with Crippen LogP contribution >= 0.6 is 15.6 Å². The molecule has 0 saturated heterocycles. The van der Waals surface area contributed by atoms with Crippen LogP contribution in [-0.2, 0) is 55.8 Å². The van der Waals surface area contributed by atoms with Crippen molar-refractivity contribution in [2.75, 3.05) is 39.6 Å². The molecule has 0 bridgehead atoms. The van der Waals surface area contributed by atoms with Gasteiger partial charge < -0.3 is 34.2 Å². The monoisotopic (exact) mass is 1760 g/mol. The van der Waals surface area contributed by atoms with Gasteiger partial charge in [-0.1, -0.05) is 416 Å². The summed E-state index contributed by atoms with van der Waals surface area (Å²) in [5.74, 6) is -1.57. The van der Waals surface area contributed by atoms with Crippen LogP contribution in [0.15, 0.2) is 170 Å². The van der Waals surface area contributed by atoms with Gasteiger partial charge in [0.05, 0.1) is 26.4 Å². The standard InChI is InChI=1S/C105H180O16P2/c1-4-7-10-13-16-19-22-25-28-31-34-37-40-43-46-48-49-51-54-55-58-61-64-67-70-73-76-79-82-85-88-91-103(108)115-94-100(106)95-117-122(111,112)118-96-101(107)97-119-123(113,114)120-99-102(121-105(110)93-90-87-84-81-78-75-72-69-66-63-60-57-52-45-42-39-36-33-30-27-24-21-18-15-12-9-6-3)98-116-104(109)92-89-86-83-80-77-74-71-68-65-62-59-56-53-50-47-44-41-38-35-32-29-26-23-20-17-14-11-8-5-2/h8-9,11-12,16-21,25-30,34-39,43-47,52,100-102,106-107H,4-7,10,13-15,22-24,31-33,40-42,48-51,53-99H2,1-3H3,(H,111,112)(H,113,114)/b11-8-,12-9-,19-16-,20-17-,21-18-,28-25-,29-26-,30-27-,37-34-,38-35-,39-36-,46-43-,47-44-,52-45-.